The van der Waals surface area contributed by atoms with Gasteiger partial charge in [0, 0.05) is 23.6 Å². The number of nitrogens with zero attached hydrogens (tertiary/aromatic N) is 2. The predicted molar refractivity (Wildman–Crippen MR) is 70.7 cm³/mol. The van der Waals surface area contributed by atoms with Gasteiger partial charge in [0.1, 0.15) is 0 Å². The molecule has 0 radical (unpaired) electrons. The number of aryl methyl sites for hydroxylation is 2. The lowest BCUT2D eigenvalue weighted by Gasteiger charge is -2.00. The van der Waals surface area contributed by atoms with Crippen molar-refractivity contribution in [1.82, 2.24) is 4.98 Å². The normalized spacial score (nSPS) is 10.6. The van der Waals surface area contributed by atoms with Gasteiger partial charge in [0.05, 0.1) is 11.1 Å². The molecule has 19 heavy (non-hydrogen) atoms. The van der Waals surface area contributed by atoms with Crippen molar-refractivity contribution < 1.29 is 9.34 Å². The molecule has 100 valence electrons. The van der Waals surface area contributed by atoms with E-state index in [0.717, 1.165) is 6.42 Å². The van der Waals surface area contributed by atoms with Crippen molar-refractivity contribution >= 4 is 5.69 Å². The van der Waals surface area contributed by atoms with E-state index in [2.05, 4.69) is 4.98 Å². The Morgan fingerprint density at radius 3 is 2.95 bits per heavy atom. The maximum Gasteiger partial charge on any atom is 0.273 e. The quantitative estimate of drug-likeness (QED) is 0.658. The van der Waals surface area contributed by atoms with Crippen LogP contribution in [0.5, 0.6) is 0 Å². The standard InChI is InChI=1S/C13H15N3O3/c1-9-4-5-10(7-11(9)16(17)18)12-8-15-13(19-12)3-2-6-14/h4-5,7-8H,2-3,6,14H2,1H3. The Morgan fingerprint density at radius 1 is 1.47 bits per heavy atom. The molecule has 0 fully saturated rings. The van der Waals surface area contributed by atoms with Crippen LogP contribution in [0.2, 0.25) is 0 Å². The molecule has 2 rings (SSSR count). The van der Waals surface area contributed by atoms with E-state index in [9.17, 15) is 10.1 Å². The number of benzene rings is 1. The minimum absolute atomic E-state index is 0.0809. The van der Waals surface area contributed by atoms with E-state index in [1.165, 1.54) is 6.07 Å². The molecule has 0 saturated carbocycles. The fraction of sp³-hybridized carbons (Fsp3) is 0.308. The second-order valence-electron chi connectivity index (χ2n) is 4.27. The molecular formula is C13H15N3O3. The van der Waals surface area contributed by atoms with Crippen LogP contribution in [0.1, 0.15) is 17.9 Å². The SMILES string of the molecule is Cc1ccc(-c2cnc(CCCN)o2)cc1[N+](=O)[O-]. The number of rotatable bonds is 5. The van der Waals surface area contributed by atoms with Gasteiger partial charge in [0.25, 0.3) is 5.69 Å². The van der Waals surface area contributed by atoms with Crippen molar-refractivity contribution in [3.8, 4) is 11.3 Å². The molecule has 0 bridgehead atoms. The van der Waals surface area contributed by atoms with Crippen molar-refractivity contribution in [2.75, 3.05) is 6.54 Å². The zero-order chi connectivity index (χ0) is 13.8. The molecule has 1 heterocycles. The Labute approximate surface area is 110 Å². The molecule has 6 nitrogen and oxygen atoms in total. The molecule has 0 aliphatic rings. The van der Waals surface area contributed by atoms with Gasteiger partial charge in [-0.1, -0.05) is 12.1 Å². The maximum atomic E-state index is 10.9. The highest BCUT2D eigenvalue weighted by atomic mass is 16.6. The van der Waals surface area contributed by atoms with E-state index in [1.807, 2.05) is 0 Å². The summed E-state index contributed by atoms with van der Waals surface area (Å²) >= 11 is 0. The Morgan fingerprint density at radius 2 is 2.26 bits per heavy atom. The summed E-state index contributed by atoms with van der Waals surface area (Å²) in [4.78, 5) is 14.6. The third-order valence-corrected chi connectivity index (χ3v) is 2.84. The molecule has 2 aromatic rings. The summed E-state index contributed by atoms with van der Waals surface area (Å²) in [5.41, 5.74) is 6.78. The van der Waals surface area contributed by atoms with Gasteiger partial charge >= 0.3 is 0 Å². The van der Waals surface area contributed by atoms with Crippen molar-refractivity contribution in [1.29, 1.82) is 0 Å². The lowest BCUT2D eigenvalue weighted by atomic mass is 10.1. The molecule has 2 N–H and O–H groups in total. The Hall–Kier alpha value is -2.21. The van der Waals surface area contributed by atoms with Gasteiger partial charge in [0.15, 0.2) is 11.7 Å². The van der Waals surface area contributed by atoms with E-state index in [-0.39, 0.29) is 5.69 Å². The summed E-state index contributed by atoms with van der Waals surface area (Å²) in [6.07, 6.45) is 3.05. The number of hydrogen-bond acceptors (Lipinski definition) is 5. The van der Waals surface area contributed by atoms with Gasteiger partial charge in [-0.2, -0.15) is 0 Å². The van der Waals surface area contributed by atoms with Crippen molar-refractivity contribution in [2.45, 2.75) is 19.8 Å². The average Bonchev–Trinajstić information content (AvgIpc) is 2.85. The molecule has 0 aliphatic carbocycles. The lowest BCUT2D eigenvalue weighted by Crippen LogP contribution is -2.00. The first-order chi connectivity index (χ1) is 9.11. The summed E-state index contributed by atoms with van der Waals surface area (Å²) in [6, 6.07) is 4.99. The third kappa shape index (κ3) is 2.97. The summed E-state index contributed by atoms with van der Waals surface area (Å²) in [6.45, 7) is 2.28. The van der Waals surface area contributed by atoms with Crippen LogP contribution in [0.4, 0.5) is 5.69 Å². The average molecular weight is 261 g/mol. The van der Waals surface area contributed by atoms with Crippen molar-refractivity contribution in [3.05, 3.63) is 46.0 Å². The van der Waals surface area contributed by atoms with Gasteiger partial charge in [0.2, 0.25) is 0 Å². The molecule has 6 heteroatoms. The number of nitro groups is 1. The van der Waals surface area contributed by atoms with Gasteiger partial charge in [-0.25, -0.2) is 4.98 Å². The molecule has 0 atom stereocenters. The molecular weight excluding hydrogens is 246 g/mol. The predicted octanol–water partition coefficient (Wildman–Crippen LogP) is 2.45. The van der Waals surface area contributed by atoms with Crippen LogP contribution >= 0.6 is 0 Å². The lowest BCUT2D eigenvalue weighted by molar-refractivity contribution is -0.385. The fourth-order valence-corrected chi connectivity index (χ4v) is 1.77. The minimum Gasteiger partial charge on any atom is -0.441 e. The minimum atomic E-state index is -0.398. The Balaban J connectivity index is 2.29. The van der Waals surface area contributed by atoms with Gasteiger partial charge in [-0.05, 0) is 19.9 Å². The van der Waals surface area contributed by atoms with Crippen molar-refractivity contribution in [2.24, 2.45) is 5.73 Å². The maximum absolute atomic E-state index is 10.9. The van der Waals surface area contributed by atoms with Crippen LogP contribution in [0, 0.1) is 17.0 Å². The van der Waals surface area contributed by atoms with Gasteiger partial charge in [-0.15, -0.1) is 0 Å². The van der Waals surface area contributed by atoms with E-state index in [0.29, 0.717) is 35.7 Å². The van der Waals surface area contributed by atoms with E-state index < -0.39 is 4.92 Å². The second-order valence-corrected chi connectivity index (χ2v) is 4.27. The summed E-state index contributed by atoms with van der Waals surface area (Å²) in [7, 11) is 0. The van der Waals surface area contributed by atoms with Crippen LogP contribution < -0.4 is 5.73 Å². The first kappa shape index (κ1) is 13.2. The number of hydrogen-bond donors (Lipinski definition) is 1. The fourth-order valence-electron chi connectivity index (χ4n) is 1.77. The number of nitrogens with two attached hydrogens (primary N) is 1. The molecule has 1 aromatic carbocycles. The van der Waals surface area contributed by atoms with Crippen molar-refractivity contribution in [3.63, 3.8) is 0 Å². The molecule has 0 aliphatic heterocycles. The van der Waals surface area contributed by atoms with Crippen LogP contribution in [-0.2, 0) is 6.42 Å². The van der Waals surface area contributed by atoms with Crippen LogP contribution in [0.15, 0.2) is 28.8 Å². The molecule has 1 aromatic heterocycles. The molecule has 0 amide bonds. The van der Waals surface area contributed by atoms with Crippen LogP contribution in [0.25, 0.3) is 11.3 Å². The van der Waals surface area contributed by atoms with Crippen LogP contribution in [0.3, 0.4) is 0 Å². The highest BCUT2D eigenvalue weighted by Gasteiger charge is 2.14. The van der Waals surface area contributed by atoms with Gasteiger partial charge < -0.3 is 10.2 Å². The monoisotopic (exact) mass is 261 g/mol. The highest BCUT2D eigenvalue weighted by molar-refractivity contribution is 5.62. The molecule has 0 saturated heterocycles. The smallest absolute Gasteiger partial charge is 0.273 e. The zero-order valence-corrected chi connectivity index (χ0v) is 10.6. The molecule has 0 unspecified atom stereocenters. The van der Waals surface area contributed by atoms with Gasteiger partial charge in [-0.3, -0.25) is 10.1 Å². The zero-order valence-electron chi connectivity index (χ0n) is 10.6. The number of aromatic nitrogens is 1. The first-order valence-electron chi connectivity index (χ1n) is 6.02. The van der Waals surface area contributed by atoms with E-state index in [4.69, 9.17) is 10.2 Å². The largest absolute Gasteiger partial charge is 0.441 e. The Kier molecular flexibility index (Phi) is 3.91. The topological polar surface area (TPSA) is 95.2 Å². The summed E-state index contributed by atoms with van der Waals surface area (Å²) in [5, 5.41) is 10.9. The number of oxazole rings is 1. The molecule has 0 spiro atoms. The summed E-state index contributed by atoms with van der Waals surface area (Å²) < 4.78 is 5.56. The van der Waals surface area contributed by atoms with E-state index in [1.54, 1.807) is 25.3 Å². The second kappa shape index (κ2) is 5.62. The highest BCUT2D eigenvalue weighted by Crippen LogP contribution is 2.27. The summed E-state index contributed by atoms with van der Waals surface area (Å²) in [5.74, 6) is 1.14. The van der Waals surface area contributed by atoms with Crippen LogP contribution in [-0.4, -0.2) is 16.5 Å². The Bertz CT molecular complexity index is 593. The number of nitro benzene ring substituents is 1. The first-order valence-corrected chi connectivity index (χ1v) is 6.02. The third-order valence-electron chi connectivity index (χ3n) is 2.84. The van der Waals surface area contributed by atoms with E-state index >= 15 is 0 Å².